The van der Waals surface area contributed by atoms with E-state index in [0.717, 1.165) is 24.8 Å². The normalized spacial score (nSPS) is 39.5. The van der Waals surface area contributed by atoms with Crippen LogP contribution < -0.4 is 11.2 Å². The molecule has 3 heterocycles. The highest BCUT2D eigenvalue weighted by Gasteiger charge is 2.45. The fraction of sp³-hybridized carbons (Fsp3) is 0.667. The molecule has 0 spiro atoms. The zero-order valence-corrected chi connectivity index (χ0v) is 10.9. The van der Waals surface area contributed by atoms with Gasteiger partial charge in [-0.3, -0.25) is 21.1 Å². The minimum absolute atomic E-state index is 0.646. The van der Waals surface area contributed by atoms with E-state index >= 15 is 0 Å². The third kappa shape index (κ3) is 1.64. The Morgan fingerprint density at radius 1 is 1.44 bits per heavy atom. The first-order chi connectivity index (χ1) is 8.61. The second kappa shape index (κ2) is 4.07. The Balaban J connectivity index is 1.80. The summed E-state index contributed by atoms with van der Waals surface area (Å²) in [5.41, 5.74) is 9.56. The molecule has 1 saturated heterocycles. The molecule has 0 saturated carbocycles. The second-order valence-electron chi connectivity index (χ2n) is 5.44. The fourth-order valence-electron chi connectivity index (χ4n) is 2.71. The number of fused-ring (bicyclic) bond motifs is 1. The number of hydrogen-bond acceptors (Lipinski definition) is 6. The number of hydrogen-bond donors (Lipinski definition) is 2. The first-order valence-corrected chi connectivity index (χ1v) is 6.49. The third-order valence-corrected chi connectivity index (χ3v) is 4.26. The van der Waals surface area contributed by atoms with Gasteiger partial charge in [-0.1, -0.05) is 13.8 Å². The van der Waals surface area contributed by atoms with Gasteiger partial charge in [0.1, 0.15) is 0 Å². The Kier molecular flexibility index (Phi) is 2.64. The number of rotatable bonds is 1. The first-order valence-electron chi connectivity index (χ1n) is 6.49. The van der Waals surface area contributed by atoms with E-state index in [2.05, 4.69) is 34.3 Å². The quantitative estimate of drug-likeness (QED) is 0.700. The van der Waals surface area contributed by atoms with E-state index in [0.29, 0.717) is 5.92 Å². The van der Waals surface area contributed by atoms with Crippen LogP contribution in [0.2, 0.25) is 0 Å². The summed E-state index contributed by atoms with van der Waals surface area (Å²) in [6, 6.07) is 0. The maximum atomic E-state index is 6.51. The maximum absolute atomic E-state index is 6.51. The van der Waals surface area contributed by atoms with Crippen LogP contribution in [0.1, 0.15) is 20.3 Å². The SMILES string of the molecule is CC1CCN(C2(N)NN=C3C=NC=CN32)CC1C. The van der Waals surface area contributed by atoms with Gasteiger partial charge < -0.3 is 0 Å². The lowest BCUT2D eigenvalue weighted by Crippen LogP contribution is -2.72. The molecule has 0 aliphatic carbocycles. The molecule has 0 radical (unpaired) electrons. The van der Waals surface area contributed by atoms with Crippen molar-refractivity contribution in [1.82, 2.24) is 15.2 Å². The van der Waals surface area contributed by atoms with Gasteiger partial charge in [-0.2, -0.15) is 5.10 Å². The summed E-state index contributed by atoms with van der Waals surface area (Å²) in [6.07, 6.45) is 6.51. The lowest BCUT2D eigenvalue weighted by Gasteiger charge is -2.47. The van der Waals surface area contributed by atoms with E-state index in [1.54, 1.807) is 12.4 Å². The molecule has 0 aromatic heterocycles. The molecule has 3 atom stereocenters. The number of nitrogens with one attached hydrogen (secondary N) is 1. The van der Waals surface area contributed by atoms with E-state index in [1.165, 1.54) is 6.42 Å². The Morgan fingerprint density at radius 3 is 3.06 bits per heavy atom. The van der Waals surface area contributed by atoms with E-state index < -0.39 is 5.91 Å². The predicted octanol–water partition coefficient (Wildman–Crippen LogP) is 0.309. The molecule has 3 unspecified atom stereocenters. The van der Waals surface area contributed by atoms with Gasteiger partial charge in [0.15, 0.2) is 5.84 Å². The van der Waals surface area contributed by atoms with Gasteiger partial charge >= 0.3 is 0 Å². The molecular formula is C12H20N6. The van der Waals surface area contributed by atoms with Gasteiger partial charge in [0.05, 0.1) is 6.21 Å². The molecule has 1 fully saturated rings. The summed E-state index contributed by atoms with van der Waals surface area (Å²) in [7, 11) is 0. The molecule has 0 aromatic rings. The van der Waals surface area contributed by atoms with Crippen molar-refractivity contribution in [3.63, 3.8) is 0 Å². The van der Waals surface area contributed by atoms with Crippen LogP contribution in [-0.2, 0) is 0 Å². The number of likely N-dealkylation sites (tertiary alicyclic amines) is 1. The number of piperidine rings is 1. The highest BCUT2D eigenvalue weighted by Crippen LogP contribution is 2.28. The molecule has 3 aliphatic heterocycles. The fourth-order valence-corrected chi connectivity index (χ4v) is 2.71. The molecule has 0 amide bonds. The van der Waals surface area contributed by atoms with Crippen molar-refractivity contribution in [2.75, 3.05) is 13.1 Å². The van der Waals surface area contributed by atoms with Crippen LogP contribution in [0.5, 0.6) is 0 Å². The summed E-state index contributed by atoms with van der Waals surface area (Å²) in [4.78, 5) is 8.27. The van der Waals surface area contributed by atoms with Crippen LogP contribution in [0.25, 0.3) is 0 Å². The summed E-state index contributed by atoms with van der Waals surface area (Å²) < 4.78 is 0. The van der Waals surface area contributed by atoms with Crippen molar-refractivity contribution in [2.24, 2.45) is 27.7 Å². The second-order valence-corrected chi connectivity index (χ2v) is 5.44. The molecule has 3 N–H and O–H groups in total. The number of nitrogens with zero attached hydrogens (tertiary/aromatic N) is 4. The molecule has 98 valence electrons. The van der Waals surface area contributed by atoms with Crippen LogP contribution in [-0.4, -0.2) is 40.9 Å². The smallest absolute Gasteiger partial charge is 0.247 e. The molecule has 0 bridgehead atoms. The topological polar surface area (TPSA) is 69.2 Å². The van der Waals surface area contributed by atoms with Crippen LogP contribution in [0, 0.1) is 11.8 Å². The van der Waals surface area contributed by atoms with Crippen LogP contribution in [0.15, 0.2) is 22.5 Å². The molecular weight excluding hydrogens is 228 g/mol. The minimum Gasteiger partial charge on any atom is -0.278 e. The standard InChI is InChI=1S/C12H20N6/c1-9-3-5-17(8-10(9)2)12(13)16-15-11-7-14-4-6-18(11)12/h4,6-7,9-10,16H,3,5,8,13H2,1-2H3. The Bertz CT molecular complexity index is 428. The number of hydrazone groups is 1. The predicted molar refractivity (Wildman–Crippen MR) is 71.5 cm³/mol. The van der Waals surface area contributed by atoms with Gasteiger partial charge in [-0.25, -0.2) is 4.90 Å². The Hall–Kier alpha value is -1.40. The van der Waals surface area contributed by atoms with Crippen molar-refractivity contribution in [3.8, 4) is 0 Å². The van der Waals surface area contributed by atoms with Crippen molar-refractivity contribution < 1.29 is 0 Å². The number of aliphatic imine (C=N–C) groups is 1. The first kappa shape index (κ1) is 11.7. The largest absolute Gasteiger partial charge is 0.278 e. The number of amidine groups is 1. The monoisotopic (exact) mass is 248 g/mol. The van der Waals surface area contributed by atoms with E-state index in [-0.39, 0.29) is 0 Å². The summed E-state index contributed by atoms with van der Waals surface area (Å²) >= 11 is 0. The summed E-state index contributed by atoms with van der Waals surface area (Å²) in [6.45, 7) is 6.56. The van der Waals surface area contributed by atoms with Crippen molar-refractivity contribution >= 4 is 12.1 Å². The average molecular weight is 248 g/mol. The maximum Gasteiger partial charge on any atom is 0.247 e. The highest BCUT2D eigenvalue weighted by molar-refractivity contribution is 6.30. The van der Waals surface area contributed by atoms with Crippen LogP contribution in [0.4, 0.5) is 0 Å². The summed E-state index contributed by atoms with van der Waals surface area (Å²) in [5, 5.41) is 4.26. The number of nitrogens with two attached hydrogens (primary N) is 1. The van der Waals surface area contributed by atoms with Gasteiger partial charge in [0, 0.05) is 25.5 Å². The van der Waals surface area contributed by atoms with Crippen LogP contribution >= 0.6 is 0 Å². The lowest BCUT2D eigenvalue weighted by atomic mass is 9.88. The molecule has 3 rings (SSSR count). The molecule has 6 heteroatoms. The van der Waals surface area contributed by atoms with Crippen molar-refractivity contribution in [1.29, 1.82) is 0 Å². The summed E-state index contributed by atoms with van der Waals surface area (Å²) in [5.74, 6) is 1.43. The van der Waals surface area contributed by atoms with Gasteiger partial charge in [0.25, 0.3) is 0 Å². The lowest BCUT2D eigenvalue weighted by molar-refractivity contribution is -0.0430. The van der Waals surface area contributed by atoms with E-state index in [9.17, 15) is 0 Å². The van der Waals surface area contributed by atoms with Gasteiger partial charge in [-0.05, 0) is 18.3 Å². The zero-order chi connectivity index (χ0) is 12.8. The Labute approximate surface area is 107 Å². The van der Waals surface area contributed by atoms with E-state index in [4.69, 9.17) is 5.73 Å². The zero-order valence-electron chi connectivity index (χ0n) is 10.9. The Morgan fingerprint density at radius 2 is 2.28 bits per heavy atom. The van der Waals surface area contributed by atoms with Crippen molar-refractivity contribution in [2.45, 2.75) is 26.2 Å². The van der Waals surface area contributed by atoms with Crippen LogP contribution in [0.3, 0.4) is 0 Å². The van der Waals surface area contributed by atoms with Crippen molar-refractivity contribution in [3.05, 3.63) is 12.4 Å². The highest BCUT2D eigenvalue weighted by atomic mass is 15.7. The van der Waals surface area contributed by atoms with Gasteiger partial charge in [-0.15, -0.1) is 0 Å². The molecule has 0 aromatic carbocycles. The van der Waals surface area contributed by atoms with Gasteiger partial charge in [0.2, 0.25) is 5.91 Å². The van der Waals surface area contributed by atoms with E-state index in [1.807, 2.05) is 11.1 Å². The average Bonchev–Trinajstić information content (AvgIpc) is 2.73. The third-order valence-electron chi connectivity index (χ3n) is 4.26. The molecule has 18 heavy (non-hydrogen) atoms. The minimum atomic E-state index is -0.743. The molecule has 6 nitrogen and oxygen atoms in total. The molecule has 3 aliphatic rings.